The molecule has 1 aliphatic rings. The van der Waals surface area contributed by atoms with Gasteiger partial charge in [0.15, 0.2) is 0 Å². The summed E-state index contributed by atoms with van der Waals surface area (Å²) in [6.45, 7) is 9.32. The number of rotatable bonds is 31. The summed E-state index contributed by atoms with van der Waals surface area (Å²) < 4.78 is 10.4. The Bertz CT molecular complexity index is 2240. The van der Waals surface area contributed by atoms with E-state index in [1.54, 1.807) is 81.4 Å². The van der Waals surface area contributed by atoms with Gasteiger partial charge in [0.05, 0.1) is 12.4 Å². The summed E-state index contributed by atoms with van der Waals surface area (Å²) in [4.78, 5) is 135. The lowest BCUT2D eigenvalue weighted by molar-refractivity contribution is -0.145. The average Bonchev–Trinajstić information content (AvgIpc) is 3.86. The molecular weight excluding hydrogens is 1010 g/mol. The molecule has 1 heterocycles. The monoisotopic (exact) mass is 1080 g/mol. The van der Waals surface area contributed by atoms with Crippen molar-refractivity contribution < 1.29 is 57.4 Å². The summed E-state index contributed by atoms with van der Waals surface area (Å²) in [5.74, 6) is -5.22. The van der Waals surface area contributed by atoms with E-state index in [1.165, 1.54) is 35.5 Å². The number of hydrogen-bond acceptors (Lipinski definition) is 14. The van der Waals surface area contributed by atoms with E-state index in [-0.39, 0.29) is 69.9 Å². The largest absolute Gasteiger partial charge is 0.467 e. The Morgan fingerprint density at radius 1 is 0.667 bits per heavy atom. The Kier molecular flexibility index (Phi) is 27.0. The Hall–Kier alpha value is -6.36. The first-order valence-corrected chi connectivity index (χ1v) is 27.6. The van der Waals surface area contributed by atoms with Crippen LogP contribution in [0.4, 0.5) is 4.79 Å². The van der Waals surface area contributed by atoms with Gasteiger partial charge < -0.3 is 52.8 Å². The van der Waals surface area contributed by atoms with Crippen LogP contribution < -0.4 is 43.4 Å². The van der Waals surface area contributed by atoms with Crippen molar-refractivity contribution in [3.05, 3.63) is 71.8 Å². The Labute approximate surface area is 448 Å². The van der Waals surface area contributed by atoms with Gasteiger partial charge in [0.25, 0.3) is 0 Å². The fourth-order valence-corrected chi connectivity index (χ4v) is 9.68. The van der Waals surface area contributed by atoms with Gasteiger partial charge in [-0.1, -0.05) is 74.5 Å². The third kappa shape index (κ3) is 23.4. The van der Waals surface area contributed by atoms with Crippen molar-refractivity contribution in [1.29, 1.82) is 0 Å². The van der Waals surface area contributed by atoms with E-state index in [9.17, 15) is 47.9 Å². The summed E-state index contributed by atoms with van der Waals surface area (Å²) in [7, 11) is 1.27. The van der Waals surface area contributed by atoms with Crippen LogP contribution in [-0.2, 0) is 65.5 Å². The number of benzene rings is 2. The van der Waals surface area contributed by atoms with Crippen LogP contribution in [0.25, 0.3) is 0 Å². The maximum atomic E-state index is 14.5. The second-order valence-electron chi connectivity index (χ2n) is 19.6. The van der Waals surface area contributed by atoms with Crippen LogP contribution in [0.5, 0.6) is 0 Å². The first-order valence-electron chi connectivity index (χ1n) is 25.1. The van der Waals surface area contributed by atoms with E-state index < -0.39 is 101 Å². The van der Waals surface area contributed by atoms with Crippen LogP contribution in [0.3, 0.4) is 0 Å². The molecule has 0 bridgehead atoms. The topological polar surface area (TPSA) is 317 Å². The van der Waals surface area contributed by atoms with E-state index in [0.29, 0.717) is 41.9 Å². The Morgan fingerprint density at radius 3 is 1.65 bits per heavy atom. The molecule has 0 aliphatic carbocycles. The van der Waals surface area contributed by atoms with Crippen LogP contribution >= 0.6 is 23.5 Å². The van der Waals surface area contributed by atoms with E-state index in [0.717, 1.165) is 0 Å². The van der Waals surface area contributed by atoms with Gasteiger partial charge in [-0.3, -0.25) is 43.3 Å². The van der Waals surface area contributed by atoms with E-state index in [2.05, 4.69) is 31.9 Å². The molecule has 2 aromatic carbocycles. The molecule has 2 aromatic rings. The fourth-order valence-electron chi connectivity index (χ4n) is 7.96. The number of carbonyl (C=O) groups is 10. The van der Waals surface area contributed by atoms with Gasteiger partial charge in [0.1, 0.15) is 41.9 Å². The molecule has 0 aromatic heterocycles. The number of carbonyl (C=O) groups excluding carboxylic acids is 10. The summed E-state index contributed by atoms with van der Waals surface area (Å²) in [5, 5.41) is 15.8. The van der Waals surface area contributed by atoms with E-state index in [1.807, 2.05) is 20.1 Å². The van der Waals surface area contributed by atoms with Gasteiger partial charge in [-0.05, 0) is 88.3 Å². The molecule has 0 radical (unpaired) electrons. The molecule has 1 aliphatic heterocycles. The summed E-state index contributed by atoms with van der Waals surface area (Å²) in [5.41, 5.74) is 11.4. The molecule has 21 nitrogen and oxygen atoms in total. The standard InChI is InChI=1S/C52H77N9O12S2/c1-32(2)29-41(49(69)58-37(24-27-74-7)50(70)72-6)75-28-25-55-44(64)38(30-33-15-10-8-11-16-33)59-47(67)39(31-34-17-12-9-13-18-34)60-46(66)35(20-22-42(53)62)56-45(65)36(21-23-43(54)63)57-48(68)40-19-14-26-61(40)51(71)73-52(3,4)5/h8-13,15-18,32,35-41H,14,19-31H2,1-7H3,(H2,53,62)(H2,54,63)(H,55,64)(H,56,65)(H,57,68)(H,58,69)(H,59,67)(H,60,66)/t35-,36-,37+,38-,39+,40-,41-/m0/s1. The van der Waals surface area contributed by atoms with Gasteiger partial charge in [0, 0.05) is 44.5 Å². The molecule has 3 rings (SSSR count). The van der Waals surface area contributed by atoms with Crippen molar-refractivity contribution in [3.8, 4) is 0 Å². The smallest absolute Gasteiger partial charge is 0.410 e. The lowest BCUT2D eigenvalue weighted by Gasteiger charge is -2.29. The lowest BCUT2D eigenvalue weighted by atomic mass is 10.0. The van der Waals surface area contributed by atoms with Gasteiger partial charge in [0.2, 0.25) is 47.3 Å². The average molecular weight is 1080 g/mol. The molecule has 0 spiro atoms. The normalized spacial score (nSPS) is 15.7. The first kappa shape index (κ1) is 62.9. The number of ether oxygens (including phenoxy) is 2. The fraction of sp³-hybridized carbons (Fsp3) is 0.577. The zero-order valence-corrected chi connectivity index (χ0v) is 45.7. The van der Waals surface area contributed by atoms with Gasteiger partial charge in [-0.2, -0.15) is 11.8 Å². The first-order chi connectivity index (χ1) is 35.5. The number of methoxy groups -OCH3 is 1. The van der Waals surface area contributed by atoms with Crippen LogP contribution in [0.1, 0.15) is 97.1 Å². The highest BCUT2D eigenvalue weighted by Gasteiger charge is 2.39. The van der Waals surface area contributed by atoms with Crippen molar-refractivity contribution >= 4 is 82.8 Å². The minimum Gasteiger partial charge on any atom is -0.467 e. The molecule has 0 unspecified atom stereocenters. The van der Waals surface area contributed by atoms with Crippen molar-refractivity contribution in [2.75, 3.05) is 38.0 Å². The van der Waals surface area contributed by atoms with Crippen LogP contribution in [0.15, 0.2) is 60.7 Å². The number of amides is 9. The van der Waals surface area contributed by atoms with Crippen molar-refractivity contribution in [2.45, 2.75) is 146 Å². The number of nitrogens with one attached hydrogen (secondary N) is 6. The molecule has 9 amide bonds. The number of hydrogen-bond donors (Lipinski definition) is 8. The second kappa shape index (κ2) is 32.2. The quantitative estimate of drug-likeness (QED) is 0.0396. The summed E-state index contributed by atoms with van der Waals surface area (Å²) in [6.07, 6.45) is 1.42. The summed E-state index contributed by atoms with van der Waals surface area (Å²) in [6, 6.07) is 10.4. The number of nitrogens with two attached hydrogens (primary N) is 2. The number of esters is 1. The number of thioether (sulfide) groups is 2. The van der Waals surface area contributed by atoms with E-state index in [4.69, 9.17) is 20.9 Å². The molecular formula is C52H77N9O12S2. The molecule has 1 saturated heterocycles. The molecule has 1 fully saturated rings. The number of nitrogens with zero attached hydrogens (tertiary/aromatic N) is 1. The second-order valence-corrected chi connectivity index (χ2v) is 21.9. The third-order valence-electron chi connectivity index (χ3n) is 11.8. The SMILES string of the molecule is COC(=O)[C@@H](CCSC)NC(=O)[C@H](CC(C)C)SCCNC(=O)[C@H](Cc1ccccc1)NC(=O)[C@@H](Cc1ccccc1)NC(=O)[C@H](CCC(N)=O)NC(=O)[C@H](CCC(N)=O)NC(=O)[C@@H]1CCCN1C(=O)OC(C)(C)C. The van der Waals surface area contributed by atoms with Crippen LogP contribution in [0, 0.1) is 5.92 Å². The number of primary amides is 2. The van der Waals surface area contributed by atoms with Gasteiger partial charge >= 0.3 is 12.1 Å². The van der Waals surface area contributed by atoms with Crippen LogP contribution in [-0.4, -0.2) is 149 Å². The molecule has 75 heavy (non-hydrogen) atoms. The van der Waals surface area contributed by atoms with Crippen molar-refractivity contribution in [1.82, 2.24) is 36.8 Å². The Morgan fingerprint density at radius 2 is 1.16 bits per heavy atom. The van der Waals surface area contributed by atoms with Gasteiger partial charge in [-0.25, -0.2) is 9.59 Å². The molecule has 7 atom stereocenters. The minimum absolute atomic E-state index is 0.0486. The molecule has 10 N–H and O–H groups in total. The highest BCUT2D eigenvalue weighted by Crippen LogP contribution is 2.23. The number of likely N-dealkylation sites (tertiary alicyclic amines) is 1. The third-order valence-corrected chi connectivity index (χ3v) is 13.6. The predicted octanol–water partition coefficient (Wildman–Crippen LogP) is 2.02. The highest BCUT2D eigenvalue weighted by atomic mass is 32.2. The van der Waals surface area contributed by atoms with Crippen molar-refractivity contribution in [2.24, 2.45) is 17.4 Å². The zero-order chi connectivity index (χ0) is 55.7. The van der Waals surface area contributed by atoms with E-state index >= 15 is 0 Å². The zero-order valence-electron chi connectivity index (χ0n) is 44.1. The molecule has 0 saturated carbocycles. The molecule has 414 valence electrons. The summed E-state index contributed by atoms with van der Waals surface area (Å²) >= 11 is 2.86. The predicted molar refractivity (Wildman–Crippen MR) is 286 cm³/mol. The van der Waals surface area contributed by atoms with Crippen molar-refractivity contribution in [3.63, 3.8) is 0 Å². The maximum Gasteiger partial charge on any atom is 0.410 e. The van der Waals surface area contributed by atoms with Gasteiger partial charge in [-0.15, -0.1) is 11.8 Å². The minimum atomic E-state index is -1.52. The molecule has 23 heteroatoms. The maximum absolute atomic E-state index is 14.5. The highest BCUT2D eigenvalue weighted by molar-refractivity contribution is 8.00. The van der Waals surface area contributed by atoms with Crippen LogP contribution in [0.2, 0.25) is 0 Å². The Balaban J connectivity index is 1.86. The lowest BCUT2D eigenvalue weighted by Crippen LogP contribution is -2.59.